The highest BCUT2D eigenvalue weighted by Crippen LogP contribution is 2.20. The van der Waals surface area contributed by atoms with Gasteiger partial charge in [-0.2, -0.15) is 0 Å². The van der Waals surface area contributed by atoms with Gasteiger partial charge in [-0.05, 0) is 31.1 Å². The Kier molecular flexibility index (Phi) is 60.3. The second kappa shape index (κ2) is 61.6. The summed E-state index contributed by atoms with van der Waals surface area (Å²) in [4.78, 5) is 38.4. The molecule has 0 amide bonds. The molecule has 6 heteroatoms. The maximum Gasteiger partial charge on any atom is 0.306 e. The van der Waals surface area contributed by atoms with Gasteiger partial charge in [0.2, 0.25) is 0 Å². The number of carbonyl (C=O) groups excluding carboxylic acids is 3. The van der Waals surface area contributed by atoms with Gasteiger partial charge in [-0.1, -0.05) is 356 Å². The quantitative estimate of drug-likeness (QED) is 0.0343. The number of hydrogen-bond acceptors (Lipinski definition) is 6. The van der Waals surface area contributed by atoms with Crippen LogP contribution in [0.5, 0.6) is 0 Å². The van der Waals surface area contributed by atoms with Crippen LogP contribution < -0.4 is 0 Å². The zero-order chi connectivity index (χ0) is 54.6. The molecule has 0 aliphatic carbocycles. The lowest BCUT2D eigenvalue weighted by molar-refractivity contribution is -0.167. The Hall–Kier alpha value is -1.59. The summed E-state index contributed by atoms with van der Waals surface area (Å²) in [5.74, 6) is 0.928. The lowest BCUT2D eigenvalue weighted by Crippen LogP contribution is -2.30. The van der Waals surface area contributed by atoms with E-state index in [0.717, 1.165) is 69.6 Å². The summed E-state index contributed by atoms with van der Waals surface area (Å²) in [5, 5.41) is 0. The summed E-state index contributed by atoms with van der Waals surface area (Å²) in [6.07, 6.45) is 69.6. The summed E-state index contributed by atoms with van der Waals surface area (Å²) >= 11 is 0. The number of rotatable bonds is 63. The van der Waals surface area contributed by atoms with Crippen LogP contribution in [0.1, 0.15) is 394 Å². The summed E-state index contributed by atoms with van der Waals surface area (Å²) in [6.45, 7) is 11.5. The molecule has 446 valence electrons. The molecule has 0 fully saturated rings. The molecule has 6 nitrogen and oxygen atoms in total. The van der Waals surface area contributed by atoms with Crippen LogP contribution in [0, 0.1) is 11.8 Å². The Morgan fingerprint density at radius 2 is 0.507 bits per heavy atom. The van der Waals surface area contributed by atoms with Crippen molar-refractivity contribution in [3.8, 4) is 0 Å². The Labute approximate surface area is 469 Å². The average molecular weight is 1060 g/mol. The fraction of sp³-hybridized carbons (Fsp3) is 0.957. The molecule has 0 heterocycles. The molecule has 2 atom stereocenters. The van der Waals surface area contributed by atoms with E-state index in [2.05, 4.69) is 34.6 Å². The Morgan fingerprint density at radius 3 is 0.760 bits per heavy atom. The molecule has 0 radical (unpaired) electrons. The Balaban J connectivity index is 4.28. The van der Waals surface area contributed by atoms with E-state index in [1.165, 1.54) is 283 Å². The molecule has 1 unspecified atom stereocenters. The molecule has 75 heavy (non-hydrogen) atoms. The van der Waals surface area contributed by atoms with Crippen molar-refractivity contribution in [2.45, 2.75) is 400 Å². The van der Waals surface area contributed by atoms with Gasteiger partial charge in [0.25, 0.3) is 0 Å². The summed E-state index contributed by atoms with van der Waals surface area (Å²) in [5.41, 5.74) is 0. The number of esters is 3. The molecule has 0 N–H and O–H groups in total. The largest absolute Gasteiger partial charge is 0.462 e. The second-order valence-corrected chi connectivity index (χ2v) is 24.5. The van der Waals surface area contributed by atoms with Crippen molar-refractivity contribution in [1.82, 2.24) is 0 Å². The monoisotopic (exact) mass is 1060 g/mol. The predicted molar refractivity (Wildman–Crippen MR) is 326 cm³/mol. The van der Waals surface area contributed by atoms with E-state index in [0.29, 0.717) is 19.3 Å². The predicted octanol–water partition coefficient (Wildman–Crippen LogP) is 23.2. The van der Waals surface area contributed by atoms with Gasteiger partial charge in [-0.3, -0.25) is 14.4 Å². The van der Waals surface area contributed by atoms with Crippen molar-refractivity contribution < 1.29 is 28.6 Å². The van der Waals surface area contributed by atoms with Crippen LogP contribution in [0.3, 0.4) is 0 Å². The van der Waals surface area contributed by atoms with Gasteiger partial charge >= 0.3 is 17.9 Å². The lowest BCUT2D eigenvalue weighted by atomic mass is 9.99. The van der Waals surface area contributed by atoms with Crippen LogP contribution >= 0.6 is 0 Å². The van der Waals surface area contributed by atoms with E-state index in [9.17, 15) is 14.4 Å². The lowest BCUT2D eigenvalue weighted by Gasteiger charge is -2.18. The minimum Gasteiger partial charge on any atom is -0.462 e. The maximum absolute atomic E-state index is 12.9. The van der Waals surface area contributed by atoms with Crippen LogP contribution in [0.25, 0.3) is 0 Å². The van der Waals surface area contributed by atoms with Gasteiger partial charge in [-0.15, -0.1) is 0 Å². The van der Waals surface area contributed by atoms with Crippen molar-refractivity contribution in [2.75, 3.05) is 13.2 Å². The number of carbonyl (C=O) groups is 3. The summed E-state index contributed by atoms with van der Waals surface area (Å²) in [7, 11) is 0. The first kappa shape index (κ1) is 73.4. The van der Waals surface area contributed by atoms with Crippen LogP contribution in [-0.4, -0.2) is 37.2 Å². The van der Waals surface area contributed by atoms with Gasteiger partial charge in [0, 0.05) is 19.3 Å². The first-order chi connectivity index (χ1) is 36.8. The topological polar surface area (TPSA) is 78.9 Å². The van der Waals surface area contributed by atoms with Crippen LogP contribution in [0.4, 0.5) is 0 Å². The molecule has 0 aliphatic heterocycles. The van der Waals surface area contributed by atoms with Crippen molar-refractivity contribution >= 4 is 17.9 Å². The number of hydrogen-bond donors (Lipinski definition) is 0. The highest BCUT2D eigenvalue weighted by Gasteiger charge is 2.20. The molecule has 0 saturated heterocycles. The number of unbranched alkanes of at least 4 members (excludes halogenated alkanes) is 47. The zero-order valence-electron chi connectivity index (χ0n) is 51.7. The van der Waals surface area contributed by atoms with E-state index in [4.69, 9.17) is 14.2 Å². The van der Waals surface area contributed by atoms with Gasteiger partial charge < -0.3 is 14.2 Å². The molecular weight excluding hydrogens is 925 g/mol. The van der Waals surface area contributed by atoms with Gasteiger partial charge in [0.15, 0.2) is 6.10 Å². The van der Waals surface area contributed by atoms with Crippen LogP contribution in [0.15, 0.2) is 0 Å². The minimum atomic E-state index is -0.764. The third kappa shape index (κ3) is 61.5. The summed E-state index contributed by atoms with van der Waals surface area (Å²) < 4.78 is 17.0. The molecule has 0 bridgehead atoms. The van der Waals surface area contributed by atoms with E-state index in [1.54, 1.807) is 0 Å². The van der Waals surface area contributed by atoms with Crippen molar-refractivity contribution in [1.29, 1.82) is 0 Å². The fourth-order valence-electron chi connectivity index (χ4n) is 10.8. The second-order valence-electron chi connectivity index (χ2n) is 24.5. The fourth-order valence-corrected chi connectivity index (χ4v) is 10.8. The van der Waals surface area contributed by atoms with E-state index in [1.807, 2.05) is 0 Å². The summed E-state index contributed by atoms with van der Waals surface area (Å²) in [6, 6.07) is 0. The van der Waals surface area contributed by atoms with Crippen molar-refractivity contribution in [2.24, 2.45) is 11.8 Å². The normalized spacial score (nSPS) is 12.4. The maximum atomic E-state index is 12.9. The van der Waals surface area contributed by atoms with Gasteiger partial charge in [-0.25, -0.2) is 0 Å². The number of ether oxygens (including phenoxy) is 3. The van der Waals surface area contributed by atoms with Crippen molar-refractivity contribution in [3.05, 3.63) is 0 Å². The Bertz CT molecular complexity index is 1150. The van der Waals surface area contributed by atoms with E-state index < -0.39 is 6.10 Å². The average Bonchev–Trinajstić information content (AvgIpc) is 3.40. The molecule has 0 aromatic rings. The zero-order valence-corrected chi connectivity index (χ0v) is 51.7. The minimum absolute atomic E-state index is 0.0613. The smallest absolute Gasteiger partial charge is 0.306 e. The third-order valence-electron chi connectivity index (χ3n) is 16.3. The molecule has 0 aromatic carbocycles. The van der Waals surface area contributed by atoms with Crippen molar-refractivity contribution in [3.63, 3.8) is 0 Å². The molecule has 0 rings (SSSR count). The van der Waals surface area contributed by atoms with Crippen LogP contribution in [-0.2, 0) is 28.6 Å². The highest BCUT2D eigenvalue weighted by molar-refractivity contribution is 5.71. The van der Waals surface area contributed by atoms with E-state index >= 15 is 0 Å². The molecule has 0 spiro atoms. The Morgan fingerprint density at radius 1 is 0.280 bits per heavy atom. The van der Waals surface area contributed by atoms with Gasteiger partial charge in [0.1, 0.15) is 13.2 Å². The molecule has 0 aromatic heterocycles. The molecule has 0 saturated carbocycles. The molecular formula is C69H134O6. The highest BCUT2D eigenvalue weighted by atomic mass is 16.6. The first-order valence-corrected chi connectivity index (χ1v) is 34.3. The van der Waals surface area contributed by atoms with Crippen LogP contribution in [0.2, 0.25) is 0 Å². The van der Waals surface area contributed by atoms with E-state index in [-0.39, 0.29) is 31.1 Å². The first-order valence-electron chi connectivity index (χ1n) is 34.3. The third-order valence-corrected chi connectivity index (χ3v) is 16.3. The van der Waals surface area contributed by atoms with Gasteiger partial charge in [0.05, 0.1) is 0 Å². The molecule has 0 aliphatic rings. The SMILES string of the molecule is CCCCCCCCCCCCCCCCCCCCC(=O)OC[C@@H](COC(=O)CCCCCCCCCCCCCCCCC(C)C)OC(=O)CCCCCCCCCCCCCCCCCCCCC(C)CC. The standard InChI is InChI=1S/C69H134O6/c1-6-8-9-10-11-12-13-14-15-16-20-23-29-34-39-44-49-54-59-67(70)73-62-66(63-74-68(71)60-55-50-45-40-35-30-26-25-27-32-37-42-47-52-57-64(3)4)75-69(72)61-56-51-46-41-36-31-24-21-18-17-19-22-28-33-38-43-48-53-58-65(5)7-2/h64-66H,6-63H2,1-5H3/t65?,66-/m0/s1.